The summed E-state index contributed by atoms with van der Waals surface area (Å²) in [4.78, 5) is 23.4. The molecule has 0 aromatic carbocycles. The lowest BCUT2D eigenvalue weighted by Crippen LogP contribution is -2.60. The average molecular weight is 289 g/mol. The summed E-state index contributed by atoms with van der Waals surface area (Å²) >= 11 is 1.13. The Labute approximate surface area is 116 Å². The first-order chi connectivity index (χ1) is 8.93. The van der Waals surface area contributed by atoms with E-state index in [0.717, 1.165) is 24.6 Å². The Hall–Kier alpha value is -0.790. The molecule has 2 aliphatic heterocycles. The number of aliphatic hydroxyl groups is 1. The molecule has 2 saturated heterocycles. The van der Waals surface area contributed by atoms with E-state index in [-0.39, 0.29) is 17.8 Å². The van der Waals surface area contributed by atoms with Crippen LogP contribution in [0.2, 0.25) is 0 Å². The van der Waals surface area contributed by atoms with E-state index < -0.39 is 22.9 Å². The summed E-state index contributed by atoms with van der Waals surface area (Å²) in [5.41, 5.74) is 0. The van der Waals surface area contributed by atoms with E-state index in [4.69, 9.17) is 4.74 Å². The Kier molecular flexibility index (Phi) is 4.08. The van der Waals surface area contributed by atoms with E-state index >= 15 is 0 Å². The molecule has 0 aliphatic carbocycles. The molecular weight excluding hydrogens is 270 g/mol. The molecule has 4 atom stereocenters. The van der Waals surface area contributed by atoms with Crippen molar-refractivity contribution in [1.29, 1.82) is 0 Å². The van der Waals surface area contributed by atoms with E-state index in [1.807, 2.05) is 6.92 Å². The van der Waals surface area contributed by atoms with Crippen LogP contribution < -0.4 is 0 Å². The van der Waals surface area contributed by atoms with Crippen molar-refractivity contribution in [3.63, 3.8) is 0 Å². The minimum atomic E-state index is -1.38. The number of carboxylic acids is 1. The molecule has 2 rings (SSSR count). The monoisotopic (exact) mass is 289 g/mol. The summed E-state index contributed by atoms with van der Waals surface area (Å²) in [6.45, 7) is 3.98. The molecule has 0 saturated carbocycles. The van der Waals surface area contributed by atoms with Crippen molar-refractivity contribution >= 4 is 23.6 Å². The number of aliphatic hydroxyl groups excluding tert-OH is 1. The zero-order valence-corrected chi connectivity index (χ0v) is 11.9. The van der Waals surface area contributed by atoms with Crippen LogP contribution in [0.5, 0.6) is 0 Å². The van der Waals surface area contributed by atoms with Crippen LogP contribution in [0.15, 0.2) is 0 Å². The first kappa shape index (κ1) is 14.6. The normalized spacial score (nSPS) is 34.9. The standard InChI is InChI=1S/C12H19NO5S/c1-3-4-5-18-12(11(16)17)6-13-9(15)8(7(2)14)10(13)19-12/h7-8,10,14H,3-6H2,1-2H3,(H,16,17)/t7?,8-,10+,12?/m0/s1. The molecule has 2 unspecified atom stereocenters. The number of carbonyl (C=O) groups excluding carboxylic acids is 1. The van der Waals surface area contributed by atoms with Gasteiger partial charge in [-0.3, -0.25) is 4.79 Å². The summed E-state index contributed by atoms with van der Waals surface area (Å²) in [5.74, 6) is -1.75. The molecule has 0 aromatic rings. The number of hydrogen-bond acceptors (Lipinski definition) is 5. The lowest BCUT2D eigenvalue weighted by Gasteiger charge is -2.42. The average Bonchev–Trinajstić information content (AvgIpc) is 2.65. The zero-order valence-electron chi connectivity index (χ0n) is 11.0. The number of β-lactam (4-membered cyclic amide) rings is 1. The molecule has 2 N–H and O–H groups in total. The van der Waals surface area contributed by atoms with Crippen molar-refractivity contribution in [2.75, 3.05) is 13.2 Å². The van der Waals surface area contributed by atoms with Crippen LogP contribution in [-0.2, 0) is 14.3 Å². The number of fused-ring (bicyclic) bond motifs is 1. The van der Waals surface area contributed by atoms with Crippen LogP contribution in [0, 0.1) is 5.92 Å². The molecular formula is C12H19NO5S. The zero-order chi connectivity index (χ0) is 14.2. The maximum absolute atomic E-state index is 11.8. The van der Waals surface area contributed by atoms with Crippen molar-refractivity contribution in [2.45, 2.75) is 43.1 Å². The Morgan fingerprint density at radius 1 is 1.68 bits per heavy atom. The van der Waals surface area contributed by atoms with Gasteiger partial charge in [0, 0.05) is 6.61 Å². The molecule has 2 aliphatic rings. The second-order valence-electron chi connectivity index (χ2n) is 5.00. The first-order valence-electron chi connectivity index (χ1n) is 6.46. The minimum Gasteiger partial charge on any atom is -0.478 e. The number of amides is 1. The van der Waals surface area contributed by atoms with Gasteiger partial charge in [0.1, 0.15) is 0 Å². The third kappa shape index (κ3) is 2.34. The van der Waals surface area contributed by atoms with Crippen LogP contribution in [0.1, 0.15) is 26.7 Å². The fourth-order valence-corrected chi connectivity index (χ4v) is 4.05. The quantitative estimate of drug-likeness (QED) is 0.547. The van der Waals surface area contributed by atoms with Crippen molar-refractivity contribution in [2.24, 2.45) is 5.92 Å². The molecule has 6 nitrogen and oxygen atoms in total. The molecule has 108 valence electrons. The Morgan fingerprint density at radius 3 is 2.89 bits per heavy atom. The van der Waals surface area contributed by atoms with Gasteiger partial charge in [-0.2, -0.15) is 0 Å². The smallest absolute Gasteiger partial charge is 0.348 e. The van der Waals surface area contributed by atoms with Gasteiger partial charge in [0.2, 0.25) is 10.8 Å². The van der Waals surface area contributed by atoms with Crippen LogP contribution in [0.3, 0.4) is 0 Å². The largest absolute Gasteiger partial charge is 0.478 e. The van der Waals surface area contributed by atoms with Crippen molar-refractivity contribution in [1.82, 2.24) is 4.90 Å². The lowest BCUT2D eigenvalue weighted by atomic mass is 9.93. The molecule has 0 bridgehead atoms. The number of thioether (sulfide) groups is 1. The van der Waals surface area contributed by atoms with Gasteiger partial charge in [-0.25, -0.2) is 4.79 Å². The van der Waals surface area contributed by atoms with Crippen LogP contribution >= 0.6 is 11.8 Å². The number of rotatable bonds is 6. The molecule has 2 fully saturated rings. The summed E-state index contributed by atoms with van der Waals surface area (Å²) < 4.78 is 5.54. The van der Waals surface area contributed by atoms with Gasteiger partial charge < -0.3 is 19.8 Å². The lowest BCUT2D eigenvalue weighted by molar-refractivity contribution is -0.163. The van der Waals surface area contributed by atoms with Gasteiger partial charge in [-0.15, -0.1) is 0 Å². The molecule has 7 heteroatoms. The fraction of sp³-hybridized carbons (Fsp3) is 0.833. The highest BCUT2D eigenvalue weighted by atomic mass is 32.2. The van der Waals surface area contributed by atoms with Crippen molar-refractivity contribution < 1.29 is 24.5 Å². The van der Waals surface area contributed by atoms with E-state index in [2.05, 4.69) is 0 Å². The number of unbranched alkanes of at least 4 members (excludes halogenated alkanes) is 1. The van der Waals surface area contributed by atoms with Crippen molar-refractivity contribution in [3.05, 3.63) is 0 Å². The highest BCUT2D eigenvalue weighted by molar-refractivity contribution is 8.02. The molecule has 0 spiro atoms. The molecule has 1 amide bonds. The second-order valence-corrected chi connectivity index (χ2v) is 6.38. The summed E-state index contributed by atoms with van der Waals surface area (Å²) in [6, 6.07) is 0. The number of nitrogens with zero attached hydrogens (tertiary/aromatic N) is 1. The van der Waals surface area contributed by atoms with Gasteiger partial charge in [0.05, 0.1) is 23.9 Å². The highest BCUT2D eigenvalue weighted by Gasteiger charge is 2.63. The van der Waals surface area contributed by atoms with E-state index in [0.29, 0.717) is 6.61 Å². The maximum atomic E-state index is 11.8. The third-order valence-electron chi connectivity index (χ3n) is 3.55. The van der Waals surface area contributed by atoms with Crippen LogP contribution in [0.4, 0.5) is 0 Å². The molecule has 0 aromatic heterocycles. The van der Waals surface area contributed by atoms with E-state index in [1.54, 1.807) is 6.92 Å². The highest BCUT2D eigenvalue weighted by Crippen LogP contribution is 2.51. The predicted molar refractivity (Wildman–Crippen MR) is 69.5 cm³/mol. The Balaban J connectivity index is 2.08. The number of hydrogen-bond donors (Lipinski definition) is 2. The number of carboxylic acid groups (broad SMARTS) is 1. The first-order valence-corrected chi connectivity index (χ1v) is 7.34. The van der Waals surface area contributed by atoms with Crippen molar-refractivity contribution in [3.8, 4) is 0 Å². The molecule has 0 radical (unpaired) electrons. The summed E-state index contributed by atoms with van der Waals surface area (Å²) in [6.07, 6.45) is 0.943. The van der Waals surface area contributed by atoms with E-state index in [9.17, 15) is 19.8 Å². The van der Waals surface area contributed by atoms with Gasteiger partial charge in [-0.1, -0.05) is 25.1 Å². The van der Waals surface area contributed by atoms with Crippen LogP contribution in [-0.4, -0.2) is 56.6 Å². The Morgan fingerprint density at radius 2 is 2.37 bits per heavy atom. The molecule has 2 heterocycles. The van der Waals surface area contributed by atoms with Gasteiger partial charge in [0.25, 0.3) is 0 Å². The number of ether oxygens (including phenoxy) is 1. The fourth-order valence-electron chi connectivity index (χ4n) is 2.40. The Bertz CT molecular complexity index is 388. The summed E-state index contributed by atoms with van der Waals surface area (Å²) in [7, 11) is 0. The van der Waals surface area contributed by atoms with E-state index in [1.165, 1.54) is 4.90 Å². The van der Waals surface area contributed by atoms with Gasteiger partial charge in [-0.05, 0) is 13.3 Å². The van der Waals surface area contributed by atoms with Crippen LogP contribution in [0.25, 0.3) is 0 Å². The summed E-state index contributed by atoms with van der Waals surface area (Å²) in [5, 5.41) is 18.7. The molecule has 19 heavy (non-hydrogen) atoms. The topological polar surface area (TPSA) is 87.1 Å². The van der Waals surface area contributed by atoms with Gasteiger partial charge in [0.15, 0.2) is 0 Å². The predicted octanol–water partition coefficient (Wildman–Crippen LogP) is 0.496. The third-order valence-corrected chi connectivity index (χ3v) is 5.14. The maximum Gasteiger partial charge on any atom is 0.348 e. The SMILES string of the molecule is CCCCOC1(C(=O)O)CN2C(=O)[C@H](C(C)O)[C@H]2S1. The second kappa shape index (κ2) is 5.30. The number of aliphatic carboxylic acids is 1. The minimum absolute atomic E-state index is 0.0590. The van der Waals surface area contributed by atoms with Gasteiger partial charge >= 0.3 is 5.97 Å². The number of carbonyl (C=O) groups is 2.